The van der Waals surface area contributed by atoms with Crippen LogP contribution in [0.3, 0.4) is 0 Å². The zero-order valence-electron chi connectivity index (χ0n) is 5.01. The minimum atomic E-state index is -0.679. The van der Waals surface area contributed by atoms with Crippen LogP contribution in [0.15, 0.2) is 12.2 Å². The summed E-state index contributed by atoms with van der Waals surface area (Å²) in [6.45, 7) is 0. The Morgan fingerprint density at radius 2 is 2.88 bits per heavy atom. The van der Waals surface area contributed by atoms with E-state index in [9.17, 15) is 4.79 Å². The van der Waals surface area contributed by atoms with Crippen molar-refractivity contribution in [3.63, 3.8) is 0 Å². The molecule has 3 N–H and O–H groups in total. The number of nitrogens with one attached hydrogen (secondary N) is 1. The number of carbonyl (C=O) groups excluding carboxylic acids is 1. The molecule has 0 aliphatic rings. The molecule has 0 aromatic carbocycles. The van der Waals surface area contributed by atoms with Gasteiger partial charge in [0.05, 0.1) is 1.37 Å². The van der Waals surface area contributed by atoms with Crippen LogP contribution in [-0.2, 0) is 0 Å². The van der Waals surface area contributed by atoms with Gasteiger partial charge in [-0.05, 0) is 6.04 Å². The molecule has 1 heterocycles. The number of rotatable bonds is 1. The molecule has 0 spiro atoms. The monoisotopic (exact) mass is 112 g/mol. The average molecular weight is 112 g/mol. The Kier molecular flexibility index (Phi) is 0.754. The van der Waals surface area contributed by atoms with Crippen molar-refractivity contribution in [2.24, 2.45) is 5.73 Å². The Hall–Kier alpha value is -1.32. The van der Waals surface area contributed by atoms with Gasteiger partial charge in [-0.1, -0.05) is 0 Å². The van der Waals surface area contributed by atoms with Gasteiger partial charge >= 0.3 is 0 Å². The number of H-pyrrole nitrogens is 1. The number of primary amides is 1. The van der Waals surface area contributed by atoms with Gasteiger partial charge in [0.2, 0.25) is 0 Å². The van der Waals surface area contributed by atoms with Crippen molar-refractivity contribution in [1.29, 1.82) is 0 Å². The zero-order valence-corrected chi connectivity index (χ0v) is 4.01. The summed E-state index contributed by atoms with van der Waals surface area (Å²) < 4.78 is 6.99. The summed E-state index contributed by atoms with van der Waals surface area (Å²) in [5.74, 6) is -0.679. The lowest BCUT2D eigenvalue weighted by Gasteiger charge is -1.78. The second-order valence-corrected chi connectivity index (χ2v) is 1.24. The van der Waals surface area contributed by atoms with Crippen LogP contribution in [0.25, 0.3) is 0 Å². The van der Waals surface area contributed by atoms with Crippen molar-refractivity contribution < 1.29 is 6.17 Å². The van der Waals surface area contributed by atoms with Gasteiger partial charge in [0, 0.05) is 6.20 Å². The second kappa shape index (κ2) is 1.65. The van der Waals surface area contributed by atoms with E-state index in [-0.39, 0.29) is 11.7 Å². The molecule has 0 unspecified atom stereocenters. The lowest BCUT2D eigenvalue weighted by molar-refractivity contribution is 0.0995. The smallest absolute Gasteiger partial charge is 0.269 e. The summed E-state index contributed by atoms with van der Waals surface area (Å²) in [6.07, 6.45) is 1.29. The molecule has 1 aromatic rings. The summed E-state index contributed by atoms with van der Waals surface area (Å²) in [5.41, 5.74) is 4.80. The van der Waals surface area contributed by atoms with E-state index in [1.54, 1.807) is 0 Å². The Bertz CT molecular complexity index is 231. The van der Waals surface area contributed by atoms with Gasteiger partial charge in [0.15, 0.2) is 0 Å². The average Bonchev–Trinajstić information content (AvgIpc) is 2.13. The maximum atomic E-state index is 10.3. The van der Waals surface area contributed by atoms with Crippen molar-refractivity contribution in [3.8, 4) is 0 Å². The first-order valence-corrected chi connectivity index (χ1v) is 2.02. The molecule has 0 bridgehead atoms. The first-order valence-electron chi connectivity index (χ1n) is 2.52. The Morgan fingerprint density at radius 3 is 3.12 bits per heavy atom. The number of nitrogens with two attached hydrogens (primary N) is 1. The van der Waals surface area contributed by atoms with Crippen molar-refractivity contribution in [2.75, 3.05) is 0 Å². The van der Waals surface area contributed by atoms with Gasteiger partial charge in [-0.15, -0.1) is 0 Å². The second-order valence-electron chi connectivity index (χ2n) is 1.24. The molecular weight excluding hydrogens is 106 g/mol. The van der Waals surface area contributed by atoms with E-state index < -0.39 is 5.91 Å². The molecule has 0 aliphatic carbocycles. The van der Waals surface area contributed by atoms with E-state index in [0.717, 1.165) is 0 Å². The maximum absolute atomic E-state index is 10.3. The number of hydrogen-bond donors (Lipinski definition) is 2. The van der Waals surface area contributed by atoms with Crippen LogP contribution in [0.1, 0.15) is 11.9 Å². The molecule has 4 nitrogen and oxygen atoms in total. The number of aromatic nitrogens is 2. The van der Waals surface area contributed by atoms with E-state index in [4.69, 9.17) is 7.10 Å². The Morgan fingerprint density at radius 1 is 2.12 bits per heavy atom. The van der Waals surface area contributed by atoms with E-state index in [1.807, 2.05) is 0 Å². The van der Waals surface area contributed by atoms with Gasteiger partial charge in [0.25, 0.3) is 5.91 Å². The first kappa shape index (κ1) is 3.65. The van der Waals surface area contributed by atoms with E-state index in [2.05, 4.69) is 10.2 Å². The van der Waals surface area contributed by atoms with Gasteiger partial charge in [-0.3, -0.25) is 9.89 Å². The predicted octanol–water partition coefficient (Wildman–Crippen LogP) is -0.491. The number of aromatic amines is 1. The van der Waals surface area contributed by atoms with Gasteiger partial charge in [-0.25, -0.2) is 0 Å². The number of amides is 1. The molecule has 0 saturated heterocycles. The molecule has 1 aromatic heterocycles. The number of carbonyl (C=O) groups is 1. The molecule has 0 fully saturated rings. The molecule has 0 atom stereocenters. The fraction of sp³-hybridized carbons (Fsp3) is 0. The van der Waals surface area contributed by atoms with Crippen LogP contribution in [0, 0.1) is 0 Å². The third kappa shape index (κ3) is 0.676. The Labute approximate surface area is 47.1 Å². The topological polar surface area (TPSA) is 71.8 Å². The van der Waals surface area contributed by atoms with E-state index >= 15 is 0 Å². The van der Waals surface area contributed by atoms with Crippen LogP contribution >= 0.6 is 0 Å². The fourth-order valence-corrected chi connectivity index (χ4v) is 0.356. The maximum Gasteiger partial charge on any atom is 0.269 e. The SMILES string of the molecule is [2H]c1c[nH]nc1C(N)=O. The molecule has 4 heteroatoms. The zero-order chi connectivity index (χ0) is 6.85. The molecule has 1 rings (SSSR count). The largest absolute Gasteiger partial charge is 0.364 e. The first-order chi connectivity index (χ1) is 4.22. The quantitative estimate of drug-likeness (QED) is 0.514. The van der Waals surface area contributed by atoms with Crippen molar-refractivity contribution >= 4 is 5.91 Å². The van der Waals surface area contributed by atoms with Gasteiger partial charge in [0.1, 0.15) is 5.69 Å². The van der Waals surface area contributed by atoms with Crippen LogP contribution in [0.4, 0.5) is 0 Å². The van der Waals surface area contributed by atoms with Crippen molar-refractivity contribution in [1.82, 2.24) is 10.2 Å². The van der Waals surface area contributed by atoms with E-state index in [0.29, 0.717) is 0 Å². The number of hydrogen-bond acceptors (Lipinski definition) is 2. The summed E-state index contributed by atoms with van der Waals surface area (Å²) >= 11 is 0. The highest BCUT2D eigenvalue weighted by molar-refractivity contribution is 5.90. The lowest BCUT2D eigenvalue weighted by atomic mass is 10.4. The van der Waals surface area contributed by atoms with Crippen molar-refractivity contribution in [2.45, 2.75) is 0 Å². The van der Waals surface area contributed by atoms with Gasteiger partial charge < -0.3 is 5.73 Å². The third-order valence-corrected chi connectivity index (χ3v) is 0.683. The summed E-state index contributed by atoms with van der Waals surface area (Å²) in [6, 6.07) is 0.0301. The predicted molar refractivity (Wildman–Crippen MR) is 27.1 cm³/mol. The minimum Gasteiger partial charge on any atom is -0.364 e. The molecule has 42 valence electrons. The van der Waals surface area contributed by atoms with E-state index in [1.165, 1.54) is 6.20 Å². The fourth-order valence-electron chi connectivity index (χ4n) is 0.356. The normalized spacial score (nSPS) is 10.8. The summed E-state index contributed by atoms with van der Waals surface area (Å²) in [4.78, 5) is 10.3. The Balaban J connectivity index is 3.08. The molecule has 8 heavy (non-hydrogen) atoms. The standard InChI is InChI=1S/C4H5N3O/c5-4(8)3-1-2-6-7-3/h1-2H,(H2,5,8)(H,6,7)/i1D. The number of nitrogens with zero attached hydrogens (tertiary/aromatic N) is 1. The lowest BCUT2D eigenvalue weighted by Crippen LogP contribution is -2.10. The minimum absolute atomic E-state index is 0.0185. The molecule has 0 aliphatic heterocycles. The highest BCUT2D eigenvalue weighted by Crippen LogP contribution is 1.85. The molecule has 0 radical (unpaired) electrons. The van der Waals surface area contributed by atoms with Gasteiger partial charge in [-0.2, -0.15) is 5.10 Å². The van der Waals surface area contributed by atoms with Crippen molar-refractivity contribution in [3.05, 3.63) is 17.9 Å². The highest BCUT2D eigenvalue weighted by Gasteiger charge is 1.97. The van der Waals surface area contributed by atoms with Crippen LogP contribution in [0.2, 0.25) is 0 Å². The van der Waals surface area contributed by atoms with Crippen LogP contribution in [-0.4, -0.2) is 16.1 Å². The van der Waals surface area contributed by atoms with Crippen LogP contribution in [0.5, 0.6) is 0 Å². The summed E-state index contributed by atoms with van der Waals surface area (Å²) in [7, 11) is 0. The van der Waals surface area contributed by atoms with Crippen LogP contribution < -0.4 is 5.73 Å². The molecule has 1 amide bonds. The summed E-state index contributed by atoms with van der Waals surface area (Å²) in [5, 5.41) is 5.77. The third-order valence-electron chi connectivity index (χ3n) is 0.683. The highest BCUT2D eigenvalue weighted by atomic mass is 16.1. The molecular formula is C4H5N3O. The molecule has 0 saturated carbocycles.